The number of halogens is 2. The van der Waals surface area contributed by atoms with Crippen LogP contribution in [0.25, 0.3) is 0 Å². The number of hydrogen-bond donors (Lipinski definition) is 0. The Hall–Kier alpha value is 0.570. The van der Waals surface area contributed by atoms with E-state index in [1.54, 1.807) is 13.1 Å². The Morgan fingerprint density at radius 2 is 2.11 bits per heavy atom. The van der Waals surface area contributed by atoms with Crippen LogP contribution < -0.4 is 0 Å². The Labute approximate surface area is 129 Å². The molecule has 102 valence electrons. The smallest absolute Gasteiger partial charge is 0.207 e. The van der Waals surface area contributed by atoms with Crippen LogP contribution in [0.2, 0.25) is 0 Å². The summed E-state index contributed by atoms with van der Waals surface area (Å²) in [6, 6.07) is 1.69. The minimum Gasteiger partial charge on any atom is -0.207 e. The van der Waals surface area contributed by atoms with E-state index in [-0.39, 0.29) is 0 Å². The third-order valence-corrected chi connectivity index (χ3v) is 7.60. The van der Waals surface area contributed by atoms with Gasteiger partial charge in [0.05, 0.1) is 8.68 Å². The molecule has 1 heterocycles. The van der Waals surface area contributed by atoms with E-state index in [0.717, 1.165) is 21.5 Å². The van der Waals surface area contributed by atoms with Crippen molar-refractivity contribution in [2.24, 2.45) is 5.92 Å². The predicted octanol–water partition coefficient (Wildman–Crippen LogP) is 3.61. The molecule has 7 heteroatoms. The van der Waals surface area contributed by atoms with Crippen molar-refractivity contribution >= 4 is 53.2 Å². The molecule has 1 aliphatic carbocycles. The molecule has 0 spiro atoms. The van der Waals surface area contributed by atoms with Crippen LogP contribution >= 0.6 is 43.2 Å². The van der Waals surface area contributed by atoms with Crippen LogP contribution in [-0.2, 0) is 10.0 Å². The Morgan fingerprint density at radius 1 is 1.50 bits per heavy atom. The summed E-state index contributed by atoms with van der Waals surface area (Å²) in [5.74, 6) is 0.483. The van der Waals surface area contributed by atoms with E-state index in [9.17, 15) is 8.42 Å². The van der Waals surface area contributed by atoms with Crippen LogP contribution in [-0.4, -0.2) is 31.1 Å². The maximum atomic E-state index is 12.4. The molecule has 2 rings (SSSR count). The van der Waals surface area contributed by atoms with Crippen molar-refractivity contribution in [1.29, 1.82) is 0 Å². The molecule has 0 aromatic carbocycles. The van der Waals surface area contributed by atoms with Crippen LogP contribution in [0.15, 0.2) is 14.7 Å². The molecule has 1 aromatic rings. The van der Waals surface area contributed by atoms with Gasteiger partial charge in [0.1, 0.15) is 0 Å². The molecule has 1 saturated carbocycles. The number of rotatable bonds is 4. The first-order valence-corrected chi connectivity index (χ1v) is 9.63. The lowest BCUT2D eigenvalue weighted by Gasteiger charge is -2.33. The number of sulfonamides is 1. The van der Waals surface area contributed by atoms with E-state index in [1.165, 1.54) is 15.6 Å². The summed E-state index contributed by atoms with van der Waals surface area (Å²) in [5, 5.41) is 0. The van der Waals surface area contributed by atoms with E-state index < -0.39 is 10.0 Å². The second kappa shape index (κ2) is 5.52. The normalized spacial score (nSPS) is 24.3. The number of thiophene rings is 1. The average molecular weight is 417 g/mol. The summed E-state index contributed by atoms with van der Waals surface area (Å²) >= 11 is 8.32. The van der Waals surface area contributed by atoms with Crippen LogP contribution in [0.3, 0.4) is 0 Å². The largest absolute Gasteiger partial charge is 0.243 e. The Bertz CT molecular complexity index is 535. The standard InChI is InChI=1S/C11H15Br2NO2S2/c1-7-10(5-11(13)17-7)18(15,16)14(2)6-8-3-9(12)4-8/h5,8-9H,3-4,6H2,1-2H3. The van der Waals surface area contributed by atoms with Gasteiger partial charge in [0.25, 0.3) is 0 Å². The topological polar surface area (TPSA) is 37.4 Å². The number of aryl methyl sites for hydroxylation is 1. The summed E-state index contributed by atoms with van der Waals surface area (Å²) in [5.41, 5.74) is 0. The van der Waals surface area contributed by atoms with E-state index >= 15 is 0 Å². The van der Waals surface area contributed by atoms with Crippen LogP contribution in [0.5, 0.6) is 0 Å². The fourth-order valence-corrected chi connectivity index (χ4v) is 6.80. The Kier molecular flexibility index (Phi) is 4.59. The van der Waals surface area contributed by atoms with E-state index in [0.29, 0.717) is 22.2 Å². The van der Waals surface area contributed by atoms with Gasteiger partial charge in [0.2, 0.25) is 10.0 Å². The van der Waals surface area contributed by atoms with Gasteiger partial charge in [-0.1, -0.05) is 15.9 Å². The highest BCUT2D eigenvalue weighted by Crippen LogP contribution is 2.36. The van der Waals surface area contributed by atoms with Gasteiger partial charge in [-0.3, -0.25) is 0 Å². The molecule has 1 aromatic heterocycles. The predicted molar refractivity (Wildman–Crippen MR) is 82.0 cm³/mol. The number of nitrogens with zero attached hydrogens (tertiary/aromatic N) is 1. The zero-order chi connectivity index (χ0) is 13.5. The molecule has 1 fully saturated rings. The lowest BCUT2D eigenvalue weighted by atomic mass is 9.85. The molecule has 0 aliphatic heterocycles. The maximum absolute atomic E-state index is 12.4. The minimum absolute atomic E-state index is 0.427. The SMILES string of the molecule is Cc1sc(Br)cc1S(=O)(=O)N(C)CC1CC(Br)C1. The van der Waals surface area contributed by atoms with Crippen LogP contribution in [0, 0.1) is 12.8 Å². The first kappa shape index (κ1) is 15.0. The van der Waals surface area contributed by atoms with Crippen molar-refractivity contribution in [3.8, 4) is 0 Å². The second-order valence-electron chi connectivity index (χ2n) is 4.69. The summed E-state index contributed by atoms with van der Waals surface area (Å²) in [6.45, 7) is 2.45. The molecular weight excluding hydrogens is 402 g/mol. The van der Waals surface area contributed by atoms with Gasteiger partial charge in [-0.2, -0.15) is 0 Å². The summed E-state index contributed by atoms with van der Waals surface area (Å²) in [4.78, 5) is 1.83. The van der Waals surface area contributed by atoms with Gasteiger partial charge in [0.15, 0.2) is 0 Å². The minimum atomic E-state index is -3.34. The molecule has 0 saturated heterocycles. The van der Waals surface area contributed by atoms with Crippen molar-refractivity contribution in [2.75, 3.05) is 13.6 Å². The molecule has 0 radical (unpaired) electrons. The van der Waals surface area contributed by atoms with Crippen molar-refractivity contribution in [2.45, 2.75) is 29.5 Å². The van der Waals surface area contributed by atoms with Crippen LogP contribution in [0.4, 0.5) is 0 Å². The van der Waals surface area contributed by atoms with Crippen LogP contribution in [0.1, 0.15) is 17.7 Å². The van der Waals surface area contributed by atoms with E-state index in [1.807, 2.05) is 6.92 Å². The summed E-state index contributed by atoms with van der Waals surface area (Å²) in [6.07, 6.45) is 2.12. The van der Waals surface area contributed by atoms with Crippen molar-refractivity contribution < 1.29 is 8.42 Å². The molecule has 3 nitrogen and oxygen atoms in total. The zero-order valence-corrected chi connectivity index (χ0v) is 15.0. The fourth-order valence-electron chi connectivity index (χ4n) is 2.12. The fraction of sp³-hybridized carbons (Fsp3) is 0.636. The highest BCUT2D eigenvalue weighted by Gasteiger charge is 2.32. The highest BCUT2D eigenvalue weighted by molar-refractivity contribution is 9.11. The molecule has 0 amide bonds. The van der Waals surface area contributed by atoms with Crippen molar-refractivity contribution in [3.05, 3.63) is 14.7 Å². The van der Waals surface area contributed by atoms with Gasteiger partial charge in [-0.05, 0) is 47.7 Å². The maximum Gasteiger partial charge on any atom is 0.243 e. The monoisotopic (exact) mass is 415 g/mol. The van der Waals surface area contributed by atoms with Gasteiger partial charge in [-0.15, -0.1) is 11.3 Å². The summed E-state index contributed by atoms with van der Waals surface area (Å²) < 4.78 is 27.2. The Morgan fingerprint density at radius 3 is 2.56 bits per heavy atom. The average Bonchev–Trinajstić information content (AvgIpc) is 2.56. The summed E-state index contributed by atoms with van der Waals surface area (Å²) in [7, 11) is -1.67. The van der Waals surface area contributed by atoms with Gasteiger partial charge < -0.3 is 0 Å². The molecule has 1 aliphatic rings. The highest BCUT2D eigenvalue weighted by atomic mass is 79.9. The lowest BCUT2D eigenvalue weighted by Crippen LogP contribution is -2.37. The first-order valence-electron chi connectivity index (χ1n) is 5.67. The second-order valence-corrected chi connectivity index (χ2v) is 10.6. The molecule has 0 atom stereocenters. The number of alkyl halides is 1. The van der Waals surface area contributed by atoms with Crippen molar-refractivity contribution in [1.82, 2.24) is 4.31 Å². The first-order chi connectivity index (χ1) is 8.30. The van der Waals surface area contributed by atoms with Gasteiger partial charge >= 0.3 is 0 Å². The Balaban J connectivity index is 2.13. The lowest BCUT2D eigenvalue weighted by molar-refractivity contribution is 0.275. The zero-order valence-electron chi connectivity index (χ0n) is 10.2. The molecule has 0 bridgehead atoms. The van der Waals surface area contributed by atoms with Crippen molar-refractivity contribution in [3.63, 3.8) is 0 Å². The quantitative estimate of drug-likeness (QED) is 0.703. The molecule has 18 heavy (non-hydrogen) atoms. The van der Waals surface area contributed by atoms with E-state index in [2.05, 4.69) is 31.9 Å². The van der Waals surface area contributed by atoms with Gasteiger partial charge in [-0.25, -0.2) is 12.7 Å². The molecule has 0 unspecified atom stereocenters. The molecular formula is C11H15Br2NO2S2. The van der Waals surface area contributed by atoms with E-state index in [4.69, 9.17) is 0 Å². The van der Waals surface area contributed by atoms with Gasteiger partial charge in [0, 0.05) is 23.3 Å². The third kappa shape index (κ3) is 3.00. The third-order valence-electron chi connectivity index (χ3n) is 3.22. The molecule has 0 N–H and O–H groups in total. The number of hydrogen-bond acceptors (Lipinski definition) is 3.